The molecule has 0 aliphatic rings. The second kappa shape index (κ2) is 8.53. The first kappa shape index (κ1) is 17.3. The molecule has 0 saturated carbocycles. The molecule has 0 radical (unpaired) electrons. The quantitative estimate of drug-likeness (QED) is 0.740. The number of unbranched alkanes of at least 4 members (excludes halogenated alkanes) is 1. The molecule has 1 aromatic carbocycles. The predicted molar refractivity (Wildman–Crippen MR) is 91.3 cm³/mol. The van der Waals surface area contributed by atoms with Gasteiger partial charge in [0, 0.05) is 24.5 Å². The average molecular weight is 334 g/mol. The zero-order chi connectivity index (χ0) is 16.7. The van der Waals surface area contributed by atoms with Gasteiger partial charge in [-0.2, -0.15) is 0 Å². The Morgan fingerprint density at radius 2 is 2.17 bits per heavy atom. The van der Waals surface area contributed by atoms with Gasteiger partial charge in [0.25, 0.3) is 5.91 Å². The third-order valence-electron chi connectivity index (χ3n) is 3.46. The van der Waals surface area contributed by atoms with Crippen molar-refractivity contribution in [3.8, 4) is 11.5 Å². The van der Waals surface area contributed by atoms with Crippen molar-refractivity contribution in [1.29, 1.82) is 0 Å². The Labute approximate surface area is 140 Å². The number of thiazole rings is 1. The SMILES string of the molecule is CCCCN(C)C(=O)c1ccc(OCc2cscn2)c(OC)c1. The molecule has 5 nitrogen and oxygen atoms in total. The van der Waals surface area contributed by atoms with Crippen LogP contribution < -0.4 is 9.47 Å². The zero-order valence-electron chi connectivity index (χ0n) is 13.7. The van der Waals surface area contributed by atoms with Crippen molar-refractivity contribution in [3.05, 3.63) is 40.3 Å². The summed E-state index contributed by atoms with van der Waals surface area (Å²) in [6.45, 7) is 3.24. The lowest BCUT2D eigenvalue weighted by Crippen LogP contribution is -2.27. The van der Waals surface area contributed by atoms with E-state index < -0.39 is 0 Å². The highest BCUT2D eigenvalue weighted by atomic mass is 32.1. The van der Waals surface area contributed by atoms with Crippen LogP contribution in [0.1, 0.15) is 35.8 Å². The van der Waals surface area contributed by atoms with Gasteiger partial charge in [-0.15, -0.1) is 11.3 Å². The Morgan fingerprint density at radius 3 is 2.83 bits per heavy atom. The van der Waals surface area contributed by atoms with Crippen molar-refractivity contribution < 1.29 is 14.3 Å². The fourth-order valence-electron chi connectivity index (χ4n) is 2.10. The molecule has 0 bridgehead atoms. The Morgan fingerprint density at radius 1 is 1.35 bits per heavy atom. The third-order valence-corrected chi connectivity index (χ3v) is 4.10. The van der Waals surface area contributed by atoms with Gasteiger partial charge >= 0.3 is 0 Å². The number of carbonyl (C=O) groups is 1. The second-order valence-electron chi connectivity index (χ2n) is 5.21. The van der Waals surface area contributed by atoms with E-state index in [1.54, 1.807) is 35.7 Å². The van der Waals surface area contributed by atoms with Crippen LogP contribution in [0.3, 0.4) is 0 Å². The number of nitrogens with zero attached hydrogens (tertiary/aromatic N) is 2. The van der Waals surface area contributed by atoms with Crippen LogP contribution in [0.2, 0.25) is 0 Å². The molecule has 2 aromatic rings. The molecule has 23 heavy (non-hydrogen) atoms. The highest BCUT2D eigenvalue weighted by Crippen LogP contribution is 2.29. The van der Waals surface area contributed by atoms with Crippen LogP contribution in [0, 0.1) is 0 Å². The van der Waals surface area contributed by atoms with Crippen molar-refractivity contribution in [2.24, 2.45) is 0 Å². The van der Waals surface area contributed by atoms with E-state index in [0.717, 1.165) is 25.1 Å². The summed E-state index contributed by atoms with van der Waals surface area (Å²) >= 11 is 1.53. The smallest absolute Gasteiger partial charge is 0.253 e. The maximum atomic E-state index is 12.4. The lowest BCUT2D eigenvalue weighted by atomic mass is 10.1. The standard InChI is InChI=1S/C17H22N2O3S/c1-4-5-8-19(2)17(20)13-6-7-15(16(9-13)21-3)22-10-14-11-23-12-18-14/h6-7,9,11-12H,4-5,8,10H2,1-3H3. The number of ether oxygens (including phenoxy) is 2. The van der Waals surface area contributed by atoms with Crippen molar-refractivity contribution >= 4 is 17.2 Å². The van der Waals surface area contributed by atoms with Gasteiger partial charge in [-0.1, -0.05) is 13.3 Å². The van der Waals surface area contributed by atoms with E-state index in [1.807, 2.05) is 12.4 Å². The van der Waals surface area contributed by atoms with Crippen LogP contribution in [0.4, 0.5) is 0 Å². The Balaban J connectivity index is 2.07. The molecule has 1 aromatic heterocycles. The summed E-state index contributed by atoms with van der Waals surface area (Å²) in [6.07, 6.45) is 2.05. The summed E-state index contributed by atoms with van der Waals surface area (Å²) in [5.41, 5.74) is 3.24. The molecule has 0 aliphatic heterocycles. The topological polar surface area (TPSA) is 51.7 Å². The number of rotatable bonds is 8. The molecule has 0 saturated heterocycles. The van der Waals surface area contributed by atoms with E-state index in [1.165, 1.54) is 11.3 Å². The van der Waals surface area contributed by atoms with Gasteiger partial charge in [0.15, 0.2) is 11.5 Å². The molecule has 0 fully saturated rings. The van der Waals surface area contributed by atoms with Crippen molar-refractivity contribution in [3.63, 3.8) is 0 Å². The summed E-state index contributed by atoms with van der Waals surface area (Å²) in [5.74, 6) is 1.14. The Bertz CT molecular complexity index is 629. The molecule has 0 spiro atoms. The van der Waals surface area contributed by atoms with Gasteiger partial charge < -0.3 is 14.4 Å². The van der Waals surface area contributed by atoms with Gasteiger partial charge in [-0.05, 0) is 24.6 Å². The minimum Gasteiger partial charge on any atom is -0.493 e. The monoisotopic (exact) mass is 334 g/mol. The lowest BCUT2D eigenvalue weighted by molar-refractivity contribution is 0.0793. The van der Waals surface area contributed by atoms with Crippen molar-refractivity contribution in [2.75, 3.05) is 20.7 Å². The minimum absolute atomic E-state index is 0.0113. The average Bonchev–Trinajstić information content (AvgIpc) is 3.10. The fourth-order valence-corrected chi connectivity index (χ4v) is 2.64. The first-order valence-corrected chi connectivity index (χ1v) is 8.53. The summed E-state index contributed by atoms with van der Waals surface area (Å²) in [4.78, 5) is 18.3. The first-order valence-electron chi connectivity index (χ1n) is 7.59. The molecule has 0 unspecified atom stereocenters. The predicted octanol–water partition coefficient (Wildman–Crippen LogP) is 3.60. The van der Waals surface area contributed by atoms with Gasteiger partial charge in [0.05, 0.1) is 18.3 Å². The minimum atomic E-state index is -0.0113. The molecule has 6 heteroatoms. The lowest BCUT2D eigenvalue weighted by Gasteiger charge is -2.18. The molecule has 0 N–H and O–H groups in total. The third kappa shape index (κ3) is 4.69. The molecule has 2 rings (SSSR count). The molecular weight excluding hydrogens is 312 g/mol. The molecule has 124 valence electrons. The van der Waals surface area contributed by atoms with Crippen molar-refractivity contribution in [1.82, 2.24) is 9.88 Å². The summed E-state index contributed by atoms with van der Waals surface area (Å²) in [7, 11) is 3.39. The van der Waals surface area contributed by atoms with Crippen LogP contribution in [0.5, 0.6) is 11.5 Å². The van der Waals surface area contributed by atoms with Crippen LogP contribution >= 0.6 is 11.3 Å². The highest BCUT2D eigenvalue weighted by Gasteiger charge is 2.14. The summed E-state index contributed by atoms with van der Waals surface area (Å²) in [6, 6.07) is 5.26. The van der Waals surface area contributed by atoms with E-state index in [4.69, 9.17) is 9.47 Å². The number of hydrogen-bond donors (Lipinski definition) is 0. The number of aromatic nitrogens is 1. The number of hydrogen-bond acceptors (Lipinski definition) is 5. The van der Waals surface area contributed by atoms with Gasteiger partial charge in [0.1, 0.15) is 6.61 Å². The van der Waals surface area contributed by atoms with Crippen molar-refractivity contribution in [2.45, 2.75) is 26.4 Å². The molecule has 0 aliphatic carbocycles. The van der Waals surface area contributed by atoms with Gasteiger partial charge in [-0.25, -0.2) is 4.98 Å². The summed E-state index contributed by atoms with van der Waals surface area (Å²) in [5, 5.41) is 1.94. The number of amides is 1. The summed E-state index contributed by atoms with van der Waals surface area (Å²) < 4.78 is 11.1. The molecular formula is C17H22N2O3S. The van der Waals surface area contributed by atoms with E-state index >= 15 is 0 Å². The van der Waals surface area contributed by atoms with E-state index in [2.05, 4.69) is 11.9 Å². The Kier molecular flexibility index (Phi) is 6.40. The first-order chi connectivity index (χ1) is 11.2. The number of benzene rings is 1. The normalized spacial score (nSPS) is 10.4. The number of carbonyl (C=O) groups excluding carboxylic acids is 1. The molecule has 1 amide bonds. The van der Waals surface area contributed by atoms with Crippen LogP contribution in [0.15, 0.2) is 29.1 Å². The van der Waals surface area contributed by atoms with E-state index in [9.17, 15) is 4.79 Å². The van der Waals surface area contributed by atoms with Crippen LogP contribution in [-0.2, 0) is 6.61 Å². The molecule has 0 atom stereocenters. The van der Waals surface area contributed by atoms with Crippen LogP contribution in [-0.4, -0.2) is 36.5 Å². The fraction of sp³-hybridized carbons (Fsp3) is 0.412. The van der Waals surface area contributed by atoms with Crippen LogP contribution in [0.25, 0.3) is 0 Å². The van der Waals surface area contributed by atoms with Gasteiger partial charge in [0.2, 0.25) is 0 Å². The largest absolute Gasteiger partial charge is 0.493 e. The zero-order valence-corrected chi connectivity index (χ0v) is 14.6. The van der Waals surface area contributed by atoms with E-state index in [0.29, 0.717) is 23.7 Å². The maximum absolute atomic E-state index is 12.4. The highest BCUT2D eigenvalue weighted by molar-refractivity contribution is 7.07. The molecule has 1 heterocycles. The number of methoxy groups -OCH3 is 1. The van der Waals surface area contributed by atoms with E-state index in [-0.39, 0.29) is 5.91 Å². The second-order valence-corrected chi connectivity index (χ2v) is 5.93. The maximum Gasteiger partial charge on any atom is 0.253 e. The Hall–Kier alpha value is -2.08. The van der Waals surface area contributed by atoms with Gasteiger partial charge in [-0.3, -0.25) is 4.79 Å².